The van der Waals surface area contributed by atoms with Gasteiger partial charge in [-0.2, -0.15) is 4.98 Å². The molecule has 0 unspecified atom stereocenters. The minimum Gasteiger partial charge on any atom is -0.489 e. The predicted molar refractivity (Wildman–Crippen MR) is 74.6 cm³/mol. The summed E-state index contributed by atoms with van der Waals surface area (Å²) in [7, 11) is 0. The quantitative estimate of drug-likeness (QED) is 0.908. The van der Waals surface area contributed by atoms with Crippen molar-refractivity contribution < 1.29 is 13.5 Å². The monoisotopic (exact) mass is 277 g/mol. The summed E-state index contributed by atoms with van der Waals surface area (Å²) in [6.45, 7) is 2.24. The molecule has 0 amide bonds. The molecular weight excluding hydrogens is 261 g/mol. The largest absolute Gasteiger partial charge is 0.489 e. The van der Waals surface area contributed by atoms with Crippen LogP contribution in [0.4, 0.5) is 10.4 Å². The van der Waals surface area contributed by atoms with E-state index in [2.05, 4.69) is 9.88 Å². The van der Waals surface area contributed by atoms with Crippen LogP contribution in [0.2, 0.25) is 0 Å². The summed E-state index contributed by atoms with van der Waals surface area (Å²) in [6, 6.07) is 6.03. The molecule has 5 nitrogen and oxygen atoms in total. The van der Waals surface area contributed by atoms with Gasteiger partial charge < -0.3 is 19.8 Å². The van der Waals surface area contributed by atoms with Crippen molar-refractivity contribution in [2.24, 2.45) is 5.73 Å². The van der Waals surface area contributed by atoms with Gasteiger partial charge in [0.15, 0.2) is 5.58 Å². The molecule has 106 valence electrons. The zero-order valence-corrected chi connectivity index (χ0v) is 11.0. The molecule has 2 aromatic rings. The molecule has 1 fully saturated rings. The number of anilines is 1. The zero-order valence-electron chi connectivity index (χ0n) is 11.0. The van der Waals surface area contributed by atoms with E-state index in [0.29, 0.717) is 29.3 Å². The van der Waals surface area contributed by atoms with Gasteiger partial charge in [-0.05, 0) is 18.6 Å². The summed E-state index contributed by atoms with van der Waals surface area (Å²) < 4.78 is 23.6. The van der Waals surface area contributed by atoms with E-state index in [9.17, 15) is 4.39 Å². The highest BCUT2D eigenvalue weighted by Crippen LogP contribution is 2.27. The van der Waals surface area contributed by atoms with Gasteiger partial charge in [0.05, 0.1) is 6.33 Å². The summed E-state index contributed by atoms with van der Waals surface area (Å²) in [5, 5.41) is 0. The van der Waals surface area contributed by atoms with Crippen LogP contribution < -0.4 is 15.4 Å². The Labute approximate surface area is 115 Å². The summed E-state index contributed by atoms with van der Waals surface area (Å²) in [4.78, 5) is 6.50. The minimum absolute atomic E-state index is 0.131. The SMILES string of the molecule is NC/C(=C\F)COc1ccc2nc(N3CCC3)oc2c1. The second-order valence-corrected chi connectivity index (χ2v) is 4.73. The molecule has 1 aromatic heterocycles. The molecule has 0 radical (unpaired) electrons. The Morgan fingerprint density at radius 1 is 1.50 bits per heavy atom. The first-order chi connectivity index (χ1) is 9.80. The number of aromatic nitrogens is 1. The number of rotatable bonds is 5. The van der Waals surface area contributed by atoms with Gasteiger partial charge >= 0.3 is 0 Å². The molecule has 0 saturated carbocycles. The molecule has 1 aliphatic rings. The molecular formula is C14H16FN3O2. The molecule has 1 aliphatic heterocycles. The summed E-state index contributed by atoms with van der Waals surface area (Å²) >= 11 is 0. The lowest BCUT2D eigenvalue weighted by atomic mass is 10.2. The van der Waals surface area contributed by atoms with Gasteiger partial charge in [0, 0.05) is 31.3 Å². The van der Waals surface area contributed by atoms with Crippen LogP contribution in [0.5, 0.6) is 5.75 Å². The van der Waals surface area contributed by atoms with Crippen LogP contribution >= 0.6 is 0 Å². The van der Waals surface area contributed by atoms with Gasteiger partial charge in [0.1, 0.15) is 17.9 Å². The first kappa shape index (κ1) is 12.9. The van der Waals surface area contributed by atoms with Gasteiger partial charge in [0.2, 0.25) is 0 Å². The number of nitrogens with two attached hydrogens (primary N) is 1. The molecule has 0 bridgehead atoms. The van der Waals surface area contributed by atoms with Crippen molar-refractivity contribution in [1.29, 1.82) is 0 Å². The van der Waals surface area contributed by atoms with Crippen LogP contribution in [-0.2, 0) is 0 Å². The molecule has 3 rings (SSSR count). The molecule has 0 spiro atoms. The fourth-order valence-electron chi connectivity index (χ4n) is 1.94. The van der Waals surface area contributed by atoms with E-state index in [1.165, 1.54) is 6.42 Å². The first-order valence-electron chi connectivity index (χ1n) is 6.56. The van der Waals surface area contributed by atoms with Crippen LogP contribution in [0, 0.1) is 0 Å². The average Bonchev–Trinajstić information content (AvgIpc) is 2.80. The number of halogens is 1. The first-order valence-corrected chi connectivity index (χ1v) is 6.56. The normalized spacial score (nSPS) is 15.5. The molecule has 1 saturated heterocycles. The highest BCUT2D eigenvalue weighted by molar-refractivity contribution is 5.76. The number of nitrogens with zero attached hydrogens (tertiary/aromatic N) is 2. The second-order valence-electron chi connectivity index (χ2n) is 4.73. The second kappa shape index (κ2) is 5.50. The molecule has 0 atom stereocenters. The number of oxazole rings is 1. The molecule has 2 N–H and O–H groups in total. The lowest BCUT2D eigenvalue weighted by Gasteiger charge is -2.28. The van der Waals surface area contributed by atoms with Gasteiger partial charge in [-0.1, -0.05) is 0 Å². The number of hydrogen-bond acceptors (Lipinski definition) is 5. The van der Waals surface area contributed by atoms with Crippen molar-refractivity contribution in [3.8, 4) is 5.75 Å². The van der Waals surface area contributed by atoms with Gasteiger partial charge in [-0.25, -0.2) is 4.39 Å². The van der Waals surface area contributed by atoms with E-state index in [4.69, 9.17) is 14.9 Å². The third-order valence-electron chi connectivity index (χ3n) is 3.32. The Hall–Kier alpha value is -2.08. The summed E-state index contributed by atoms with van der Waals surface area (Å²) in [5.74, 6) is 0.608. The van der Waals surface area contributed by atoms with Crippen LogP contribution in [0.25, 0.3) is 11.1 Å². The lowest BCUT2D eigenvalue weighted by molar-refractivity contribution is 0.347. The highest BCUT2D eigenvalue weighted by atomic mass is 19.1. The third kappa shape index (κ3) is 2.46. The Morgan fingerprint density at radius 2 is 2.35 bits per heavy atom. The van der Waals surface area contributed by atoms with Gasteiger partial charge in [-0.3, -0.25) is 0 Å². The maximum absolute atomic E-state index is 12.4. The minimum atomic E-state index is 0.131. The molecule has 20 heavy (non-hydrogen) atoms. The van der Waals surface area contributed by atoms with Crippen LogP contribution in [-0.4, -0.2) is 31.2 Å². The number of benzene rings is 1. The molecule has 0 aliphatic carbocycles. The van der Waals surface area contributed by atoms with Crippen LogP contribution in [0.3, 0.4) is 0 Å². The van der Waals surface area contributed by atoms with E-state index in [1.807, 2.05) is 6.07 Å². The fraction of sp³-hybridized carbons (Fsp3) is 0.357. The predicted octanol–water partition coefficient (Wildman–Crippen LogP) is 2.23. The topological polar surface area (TPSA) is 64.5 Å². The van der Waals surface area contributed by atoms with Crippen molar-refractivity contribution >= 4 is 17.1 Å². The van der Waals surface area contributed by atoms with Crippen molar-refractivity contribution in [1.82, 2.24) is 4.98 Å². The number of hydrogen-bond donors (Lipinski definition) is 1. The van der Waals surface area contributed by atoms with E-state index in [-0.39, 0.29) is 13.2 Å². The van der Waals surface area contributed by atoms with E-state index in [1.54, 1.807) is 12.1 Å². The molecule has 2 heterocycles. The average molecular weight is 277 g/mol. The maximum Gasteiger partial charge on any atom is 0.298 e. The smallest absolute Gasteiger partial charge is 0.298 e. The van der Waals surface area contributed by atoms with E-state index >= 15 is 0 Å². The standard InChI is InChI=1S/C14H16FN3O2/c15-7-10(8-16)9-19-11-2-3-12-13(6-11)20-14(17-12)18-4-1-5-18/h2-3,6-7H,1,4-5,8-9,16H2/b10-7+. The maximum atomic E-state index is 12.4. The third-order valence-corrected chi connectivity index (χ3v) is 3.32. The lowest BCUT2D eigenvalue weighted by Crippen LogP contribution is -2.37. The Kier molecular flexibility index (Phi) is 3.56. The van der Waals surface area contributed by atoms with Crippen molar-refractivity contribution in [3.05, 3.63) is 30.1 Å². The fourth-order valence-corrected chi connectivity index (χ4v) is 1.94. The Bertz CT molecular complexity index is 634. The van der Waals surface area contributed by atoms with E-state index in [0.717, 1.165) is 18.6 Å². The zero-order chi connectivity index (χ0) is 13.9. The highest BCUT2D eigenvalue weighted by Gasteiger charge is 2.20. The summed E-state index contributed by atoms with van der Waals surface area (Å²) in [6.07, 6.45) is 1.65. The Balaban J connectivity index is 1.76. The van der Waals surface area contributed by atoms with Crippen LogP contribution in [0.1, 0.15) is 6.42 Å². The van der Waals surface area contributed by atoms with Crippen molar-refractivity contribution in [2.75, 3.05) is 31.1 Å². The number of fused-ring (bicyclic) bond motifs is 1. The summed E-state index contributed by atoms with van der Waals surface area (Å²) in [5.41, 5.74) is 7.24. The van der Waals surface area contributed by atoms with Crippen molar-refractivity contribution in [3.63, 3.8) is 0 Å². The Morgan fingerprint density at radius 3 is 3.00 bits per heavy atom. The van der Waals surface area contributed by atoms with Gasteiger partial charge in [0.25, 0.3) is 6.01 Å². The molecule has 6 heteroatoms. The van der Waals surface area contributed by atoms with Crippen molar-refractivity contribution in [2.45, 2.75) is 6.42 Å². The van der Waals surface area contributed by atoms with Gasteiger partial charge in [-0.15, -0.1) is 0 Å². The van der Waals surface area contributed by atoms with E-state index < -0.39 is 0 Å². The number of ether oxygens (including phenoxy) is 1. The molecule has 1 aromatic carbocycles. The van der Waals surface area contributed by atoms with Crippen LogP contribution in [0.15, 0.2) is 34.5 Å².